The van der Waals surface area contributed by atoms with Crippen molar-refractivity contribution in [1.29, 1.82) is 0 Å². The van der Waals surface area contributed by atoms with Crippen LogP contribution in [0.5, 0.6) is 11.8 Å². The molecule has 1 aromatic carbocycles. The van der Waals surface area contributed by atoms with Gasteiger partial charge in [0.15, 0.2) is 0 Å². The molecule has 2 aromatic rings. The highest BCUT2D eigenvalue weighted by molar-refractivity contribution is 7.89. The van der Waals surface area contributed by atoms with E-state index in [0.29, 0.717) is 0 Å². The van der Waals surface area contributed by atoms with Crippen molar-refractivity contribution in [2.75, 3.05) is 32.9 Å². The number of methoxy groups -OCH3 is 3. The van der Waals surface area contributed by atoms with E-state index in [4.69, 9.17) is 14.6 Å². The van der Waals surface area contributed by atoms with Crippen molar-refractivity contribution in [3.63, 3.8) is 0 Å². The summed E-state index contributed by atoms with van der Waals surface area (Å²) in [6.45, 7) is 1.00. The zero-order chi connectivity index (χ0) is 24.1. The van der Waals surface area contributed by atoms with Crippen LogP contribution in [0.15, 0.2) is 29.2 Å². The molecule has 0 spiro atoms. The summed E-state index contributed by atoms with van der Waals surface area (Å²) in [5.74, 6) is -2.27. The summed E-state index contributed by atoms with van der Waals surface area (Å²) < 4.78 is 38.7. The quantitative estimate of drug-likeness (QED) is 0.364. The summed E-state index contributed by atoms with van der Waals surface area (Å²) in [6.07, 6.45) is 0. The first-order valence-corrected chi connectivity index (χ1v) is 10.4. The van der Waals surface area contributed by atoms with E-state index in [9.17, 15) is 22.8 Å². The first kappa shape index (κ1) is 24.6. The summed E-state index contributed by atoms with van der Waals surface area (Å²) in [5, 5.41) is 6.01. The van der Waals surface area contributed by atoms with Gasteiger partial charge in [-0.15, -0.1) is 0 Å². The Morgan fingerprint density at radius 1 is 1.06 bits per heavy atom. The summed E-state index contributed by atoms with van der Waals surface area (Å²) in [5.41, 5.74) is 2.01. The van der Waals surface area contributed by atoms with Crippen molar-refractivity contribution < 1.29 is 37.0 Å². The molecular formula is C18H21N5O8S. The molecule has 1 amide bonds. The second-order valence-corrected chi connectivity index (χ2v) is 7.71. The van der Waals surface area contributed by atoms with Gasteiger partial charge in [0.05, 0.1) is 44.4 Å². The average molecular weight is 467 g/mol. The number of carbonyl (C=O) groups excluding carboxylic acids is 3. The van der Waals surface area contributed by atoms with Crippen molar-refractivity contribution >= 4 is 33.6 Å². The van der Waals surface area contributed by atoms with Gasteiger partial charge in [0.1, 0.15) is 5.78 Å². The maximum Gasteiger partial charge on any atom is 0.339 e. The van der Waals surface area contributed by atoms with Crippen molar-refractivity contribution in [1.82, 2.24) is 15.4 Å². The number of aromatic nitrogens is 2. The number of nitrogens with zero attached hydrogens (tertiary/aromatic N) is 3. The molecule has 0 bridgehead atoms. The lowest BCUT2D eigenvalue weighted by molar-refractivity contribution is -0.116. The molecule has 13 nitrogen and oxygen atoms in total. The molecule has 0 radical (unpaired) electrons. The van der Waals surface area contributed by atoms with Gasteiger partial charge in [0.2, 0.25) is 21.8 Å². The fourth-order valence-electron chi connectivity index (χ4n) is 2.42. The summed E-state index contributed by atoms with van der Waals surface area (Å²) >= 11 is 0. The fourth-order valence-corrected chi connectivity index (χ4v) is 3.17. The zero-order valence-electron chi connectivity index (χ0n) is 17.6. The van der Waals surface area contributed by atoms with Crippen LogP contribution >= 0.6 is 0 Å². The lowest BCUT2D eigenvalue weighted by atomic mass is 10.1. The number of benzene rings is 1. The van der Waals surface area contributed by atoms with Crippen molar-refractivity contribution in [2.45, 2.75) is 11.8 Å². The second kappa shape index (κ2) is 10.1. The molecule has 0 aliphatic carbocycles. The highest BCUT2D eigenvalue weighted by Crippen LogP contribution is 2.23. The smallest absolute Gasteiger partial charge is 0.339 e. The van der Waals surface area contributed by atoms with Crippen LogP contribution in [-0.4, -0.2) is 63.9 Å². The number of hydrazine groups is 1. The van der Waals surface area contributed by atoms with Crippen LogP contribution in [-0.2, 0) is 19.6 Å². The summed E-state index contributed by atoms with van der Waals surface area (Å²) in [6, 6.07) is 4.53. The number of carbonyl (C=O) groups is 3. The number of Topliss-reactive ketones (excluding diaryl/α,β-unsaturated/α-hetero) is 1. The number of nitrogens with one attached hydrogen (secondary N) is 1. The van der Waals surface area contributed by atoms with Crippen LogP contribution in [0, 0.1) is 0 Å². The molecule has 0 fully saturated rings. The van der Waals surface area contributed by atoms with E-state index in [2.05, 4.69) is 20.1 Å². The van der Waals surface area contributed by atoms with Crippen LogP contribution in [0.3, 0.4) is 0 Å². The first-order chi connectivity index (χ1) is 15.0. The van der Waals surface area contributed by atoms with Crippen molar-refractivity contribution in [3.8, 4) is 11.8 Å². The Hall–Kier alpha value is -3.62. The molecule has 0 saturated heterocycles. The molecule has 0 atom stereocenters. The van der Waals surface area contributed by atoms with Crippen molar-refractivity contribution in [2.24, 2.45) is 5.14 Å². The molecule has 2 rings (SSSR count). The Kier molecular flexibility index (Phi) is 7.80. The number of amides is 1. The molecule has 3 N–H and O–H groups in total. The van der Waals surface area contributed by atoms with E-state index in [1.807, 2.05) is 0 Å². The topological polar surface area (TPSA) is 180 Å². The first-order valence-electron chi connectivity index (χ1n) is 8.81. The second-order valence-electron chi connectivity index (χ2n) is 6.18. The van der Waals surface area contributed by atoms with Gasteiger partial charge >= 0.3 is 5.97 Å². The third kappa shape index (κ3) is 5.75. The number of anilines is 1. The number of nitrogens with two attached hydrogens (primary N) is 1. The van der Waals surface area contributed by atoms with E-state index in [0.717, 1.165) is 24.3 Å². The maximum atomic E-state index is 13.2. The number of primary sulfonamides is 1. The van der Waals surface area contributed by atoms with Gasteiger partial charge in [-0.25, -0.2) is 28.8 Å². The number of ether oxygens (including phenoxy) is 3. The molecule has 14 heteroatoms. The maximum absolute atomic E-state index is 13.2. The normalized spacial score (nSPS) is 10.9. The lowest BCUT2D eigenvalue weighted by Crippen LogP contribution is -2.46. The zero-order valence-corrected chi connectivity index (χ0v) is 18.4. The van der Waals surface area contributed by atoms with E-state index in [1.165, 1.54) is 33.3 Å². The van der Waals surface area contributed by atoms with Crippen LogP contribution in [0.2, 0.25) is 0 Å². The molecule has 1 aromatic heterocycles. The Bertz CT molecular complexity index is 1130. The Morgan fingerprint density at radius 3 is 2.12 bits per heavy atom. The van der Waals surface area contributed by atoms with E-state index >= 15 is 0 Å². The summed E-state index contributed by atoms with van der Waals surface area (Å²) in [4.78, 5) is 44.1. The number of rotatable bonds is 9. The Labute approximate surface area is 183 Å². The number of ketones is 1. The van der Waals surface area contributed by atoms with E-state index in [1.54, 1.807) is 0 Å². The van der Waals surface area contributed by atoms with Crippen LogP contribution < -0.4 is 25.0 Å². The van der Waals surface area contributed by atoms with Crippen LogP contribution in [0.1, 0.15) is 27.6 Å². The predicted octanol–water partition coefficient (Wildman–Crippen LogP) is -0.332. The number of sulfonamides is 1. The molecule has 0 unspecified atom stereocenters. The van der Waals surface area contributed by atoms with Gasteiger partial charge in [-0.1, -0.05) is 0 Å². The Balaban J connectivity index is 2.62. The van der Waals surface area contributed by atoms with Gasteiger partial charge < -0.3 is 14.2 Å². The lowest BCUT2D eigenvalue weighted by Gasteiger charge is -2.22. The fraction of sp³-hybridized carbons (Fsp3) is 0.278. The minimum Gasteiger partial charge on any atom is -0.481 e. The average Bonchev–Trinajstić information content (AvgIpc) is 2.76. The van der Waals surface area contributed by atoms with Crippen LogP contribution in [0.4, 0.5) is 5.95 Å². The summed E-state index contributed by atoms with van der Waals surface area (Å²) in [7, 11) is -0.659. The van der Waals surface area contributed by atoms with E-state index in [-0.39, 0.29) is 41.2 Å². The highest BCUT2D eigenvalue weighted by atomic mass is 32.2. The largest absolute Gasteiger partial charge is 0.481 e. The monoisotopic (exact) mass is 467 g/mol. The molecule has 32 heavy (non-hydrogen) atoms. The highest BCUT2D eigenvalue weighted by Gasteiger charge is 2.27. The standard InChI is InChI=1S/C18H21N5O8S/c1-10(24)9-20-23(18-21-14(29-2)8-15(22-18)30-3)16(25)11-5-6-12(17(26)31-4)13(7-11)32(19,27)28/h5-8,20H,9H2,1-4H3,(H2,19,27,28). The molecule has 0 aliphatic rings. The van der Waals surface area contributed by atoms with Gasteiger partial charge in [-0.2, -0.15) is 9.97 Å². The molecule has 0 aliphatic heterocycles. The number of esters is 1. The predicted molar refractivity (Wildman–Crippen MR) is 110 cm³/mol. The van der Waals surface area contributed by atoms with Crippen molar-refractivity contribution in [3.05, 3.63) is 35.4 Å². The number of hydrogen-bond donors (Lipinski definition) is 2. The Morgan fingerprint density at radius 2 is 1.66 bits per heavy atom. The third-order valence-corrected chi connectivity index (χ3v) is 4.87. The number of hydrogen-bond acceptors (Lipinski definition) is 11. The van der Waals surface area contributed by atoms with E-state index < -0.39 is 26.8 Å². The van der Waals surface area contributed by atoms with Gasteiger partial charge in [0.25, 0.3) is 11.9 Å². The molecule has 1 heterocycles. The van der Waals surface area contributed by atoms with Gasteiger partial charge in [-0.05, 0) is 25.1 Å². The minimum absolute atomic E-state index is 0.0561. The SMILES string of the molecule is COC(=O)c1ccc(C(=O)N(NCC(C)=O)c2nc(OC)cc(OC)n2)cc1S(N)(=O)=O. The minimum atomic E-state index is -4.40. The van der Waals surface area contributed by atoms with Gasteiger partial charge in [-0.3, -0.25) is 9.59 Å². The van der Waals surface area contributed by atoms with Gasteiger partial charge in [0, 0.05) is 5.56 Å². The molecular weight excluding hydrogens is 446 g/mol. The molecule has 0 saturated carbocycles. The molecule has 172 valence electrons. The van der Waals surface area contributed by atoms with Crippen LogP contribution in [0.25, 0.3) is 0 Å². The third-order valence-electron chi connectivity index (χ3n) is 3.92.